The van der Waals surface area contributed by atoms with E-state index in [4.69, 9.17) is 4.52 Å². The number of hydrogen-bond donors (Lipinski definition) is 1. The lowest BCUT2D eigenvalue weighted by atomic mass is 10.1. The van der Waals surface area contributed by atoms with Gasteiger partial charge in [-0.25, -0.2) is 0 Å². The molecule has 2 aromatic rings. The van der Waals surface area contributed by atoms with Crippen LogP contribution in [0, 0.1) is 0 Å². The molecule has 122 valence electrons. The number of aryl methyl sites for hydroxylation is 1. The monoisotopic (exact) mass is 315 g/mol. The van der Waals surface area contributed by atoms with Gasteiger partial charge in [0.15, 0.2) is 0 Å². The molecule has 0 spiro atoms. The fourth-order valence-electron chi connectivity index (χ4n) is 2.73. The van der Waals surface area contributed by atoms with Gasteiger partial charge in [0.2, 0.25) is 11.7 Å². The maximum atomic E-state index is 12.1. The Bertz CT molecular complexity index is 666. The van der Waals surface area contributed by atoms with Crippen molar-refractivity contribution >= 4 is 5.91 Å². The Kier molecular flexibility index (Phi) is 4.71. The predicted molar refractivity (Wildman–Crippen MR) is 84.4 cm³/mol. The second-order valence-electron chi connectivity index (χ2n) is 5.83. The summed E-state index contributed by atoms with van der Waals surface area (Å²) in [7, 11) is 0. The number of aliphatic hydroxyl groups is 1. The molecule has 1 N–H and O–H groups in total. The summed E-state index contributed by atoms with van der Waals surface area (Å²) in [6, 6.07) is 8.02. The molecule has 1 atom stereocenters. The molecule has 0 aliphatic carbocycles. The molecule has 0 bridgehead atoms. The second kappa shape index (κ2) is 6.91. The molecule has 1 amide bonds. The zero-order valence-electron chi connectivity index (χ0n) is 13.2. The van der Waals surface area contributed by atoms with E-state index in [0.29, 0.717) is 24.7 Å². The molecule has 1 unspecified atom stereocenters. The third-order valence-electron chi connectivity index (χ3n) is 4.17. The van der Waals surface area contributed by atoms with Crippen molar-refractivity contribution in [3.63, 3.8) is 0 Å². The number of benzene rings is 1. The highest BCUT2D eigenvalue weighted by Crippen LogP contribution is 2.19. The largest absolute Gasteiger partial charge is 0.383 e. The van der Waals surface area contributed by atoms with Gasteiger partial charge in [-0.15, -0.1) is 0 Å². The topological polar surface area (TPSA) is 79.5 Å². The first-order chi connectivity index (χ1) is 11.2. The summed E-state index contributed by atoms with van der Waals surface area (Å²) in [5.41, 5.74) is 2.14. The summed E-state index contributed by atoms with van der Waals surface area (Å²) < 4.78 is 5.27. The average Bonchev–Trinajstić information content (AvgIpc) is 2.99. The Labute approximate surface area is 135 Å². The molecule has 1 aromatic heterocycles. The minimum Gasteiger partial charge on any atom is -0.383 e. The lowest BCUT2D eigenvalue weighted by molar-refractivity contribution is -0.140. The van der Waals surface area contributed by atoms with Crippen molar-refractivity contribution in [2.24, 2.45) is 0 Å². The zero-order chi connectivity index (χ0) is 16.2. The Balaban J connectivity index is 1.72. The molecule has 0 saturated carbocycles. The summed E-state index contributed by atoms with van der Waals surface area (Å²) in [4.78, 5) is 18.0. The highest BCUT2D eigenvalue weighted by molar-refractivity contribution is 5.80. The molecule has 23 heavy (non-hydrogen) atoms. The smallest absolute Gasteiger partial charge is 0.251 e. The zero-order valence-corrected chi connectivity index (χ0v) is 13.2. The van der Waals surface area contributed by atoms with Gasteiger partial charge in [-0.3, -0.25) is 4.79 Å². The summed E-state index contributed by atoms with van der Waals surface area (Å²) in [5, 5.41) is 13.8. The normalized spacial score (nSPS) is 19.0. The molecule has 1 fully saturated rings. The number of carbonyl (C=O) groups excluding carboxylic acids is 1. The Hall–Kier alpha value is -2.21. The molecule has 1 aromatic carbocycles. The molecule has 1 aliphatic heterocycles. The Morgan fingerprint density at radius 3 is 2.83 bits per heavy atom. The Morgan fingerprint density at radius 2 is 2.09 bits per heavy atom. The highest BCUT2D eigenvalue weighted by Gasteiger charge is 2.26. The summed E-state index contributed by atoms with van der Waals surface area (Å²) in [6.45, 7) is 2.96. The molecule has 2 heterocycles. The number of carbonyl (C=O) groups is 1. The van der Waals surface area contributed by atoms with E-state index in [1.807, 2.05) is 24.3 Å². The summed E-state index contributed by atoms with van der Waals surface area (Å²) in [6.07, 6.45) is 2.32. The third kappa shape index (κ3) is 3.59. The number of amides is 1. The van der Waals surface area contributed by atoms with Gasteiger partial charge in [0.05, 0.1) is 0 Å². The minimum atomic E-state index is -0.915. The standard InChI is InChI=1S/C17H21N3O3/c1-2-12-6-8-13(9-7-12)16-18-15(23-19-16)11-20-10-4-3-5-14(21)17(20)22/h6-9,14,21H,2-5,10-11H2,1H3. The van der Waals surface area contributed by atoms with Gasteiger partial charge in [-0.05, 0) is 31.2 Å². The predicted octanol–water partition coefficient (Wildman–Crippen LogP) is 2.17. The van der Waals surface area contributed by atoms with Gasteiger partial charge in [-0.1, -0.05) is 36.3 Å². The van der Waals surface area contributed by atoms with Crippen molar-refractivity contribution in [1.29, 1.82) is 0 Å². The molecule has 6 nitrogen and oxygen atoms in total. The molecule has 1 saturated heterocycles. The fraction of sp³-hybridized carbons (Fsp3) is 0.471. The van der Waals surface area contributed by atoms with E-state index in [0.717, 1.165) is 24.8 Å². The average molecular weight is 315 g/mol. The van der Waals surface area contributed by atoms with Crippen molar-refractivity contribution in [2.45, 2.75) is 45.3 Å². The summed E-state index contributed by atoms with van der Waals surface area (Å²) in [5.74, 6) is 0.655. The quantitative estimate of drug-likeness (QED) is 0.935. The SMILES string of the molecule is CCc1ccc(-c2noc(CN3CCCCC(O)C3=O)n2)cc1. The van der Waals surface area contributed by atoms with Crippen LogP contribution in [-0.2, 0) is 17.8 Å². The van der Waals surface area contributed by atoms with Crippen LogP contribution in [0.3, 0.4) is 0 Å². The van der Waals surface area contributed by atoms with Gasteiger partial charge in [0, 0.05) is 12.1 Å². The van der Waals surface area contributed by atoms with Crippen molar-refractivity contribution in [3.8, 4) is 11.4 Å². The van der Waals surface area contributed by atoms with Gasteiger partial charge in [0.25, 0.3) is 5.91 Å². The first-order valence-electron chi connectivity index (χ1n) is 8.06. The molecule has 6 heteroatoms. The van der Waals surface area contributed by atoms with Crippen LogP contribution >= 0.6 is 0 Å². The summed E-state index contributed by atoms with van der Waals surface area (Å²) >= 11 is 0. The molecular weight excluding hydrogens is 294 g/mol. The highest BCUT2D eigenvalue weighted by atomic mass is 16.5. The van der Waals surface area contributed by atoms with Crippen LogP contribution in [0.5, 0.6) is 0 Å². The van der Waals surface area contributed by atoms with Gasteiger partial charge >= 0.3 is 0 Å². The number of aliphatic hydroxyl groups excluding tert-OH is 1. The van der Waals surface area contributed by atoms with Crippen LogP contribution in [0.1, 0.15) is 37.6 Å². The second-order valence-corrected chi connectivity index (χ2v) is 5.83. The van der Waals surface area contributed by atoms with Gasteiger partial charge < -0.3 is 14.5 Å². The van der Waals surface area contributed by atoms with E-state index >= 15 is 0 Å². The van der Waals surface area contributed by atoms with Crippen LogP contribution in [0.4, 0.5) is 0 Å². The number of likely N-dealkylation sites (tertiary alicyclic amines) is 1. The number of hydrogen-bond acceptors (Lipinski definition) is 5. The van der Waals surface area contributed by atoms with Crippen LogP contribution in [0.2, 0.25) is 0 Å². The molecule has 1 aliphatic rings. The van der Waals surface area contributed by atoms with E-state index in [1.165, 1.54) is 5.56 Å². The maximum absolute atomic E-state index is 12.1. The Morgan fingerprint density at radius 1 is 1.30 bits per heavy atom. The minimum absolute atomic E-state index is 0.246. The number of aromatic nitrogens is 2. The van der Waals surface area contributed by atoms with Gasteiger partial charge in [0.1, 0.15) is 12.6 Å². The van der Waals surface area contributed by atoms with E-state index in [1.54, 1.807) is 4.90 Å². The van der Waals surface area contributed by atoms with Crippen LogP contribution < -0.4 is 0 Å². The first-order valence-corrected chi connectivity index (χ1v) is 8.06. The molecular formula is C17H21N3O3. The molecule has 3 rings (SSSR count). The van der Waals surface area contributed by atoms with Crippen molar-refractivity contribution in [1.82, 2.24) is 15.0 Å². The molecule has 0 radical (unpaired) electrons. The van der Waals surface area contributed by atoms with Gasteiger partial charge in [-0.2, -0.15) is 4.98 Å². The number of nitrogens with zero attached hydrogens (tertiary/aromatic N) is 3. The van der Waals surface area contributed by atoms with Crippen molar-refractivity contribution in [3.05, 3.63) is 35.7 Å². The van der Waals surface area contributed by atoms with Crippen LogP contribution in [0.25, 0.3) is 11.4 Å². The maximum Gasteiger partial charge on any atom is 0.251 e. The third-order valence-corrected chi connectivity index (χ3v) is 4.17. The lowest BCUT2D eigenvalue weighted by Gasteiger charge is -2.19. The first kappa shape index (κ1) is 15.7. The van der Waals surface area contributed by atoms with Crippen LogP contribution in [0.15, 0.2) is 28.8 Å². The van der Waals surface area contributed by atoms with E-state index in [9.17, 15) is 9.90 Å². The van der Waals surface area contributed by atoms with E-state index in [2.05, 4.69) is 17.1 Å². The van der Waals surface area contributed by atoms with Crippen molar-refractivity contribution in [2.75, 3.05) is 6.54 Å². The number of rotatable bonds is 4. The van der Waals surface area contributed by atoms with E-state index < -0.39 is 6.10 Å². The lowest BCUT2D eigenvalue weighted by Crippen LogP contribution is -2.37. The fourth-order valence-corrected chi connectivity index (χ4v) is 2.73. The van der Waals surface area contributed by atoms with Crippen molar-refractivity contribution < 1.29 is 14.4 Å². The van der Waals surface area contributed by atoms with Crippen LogP contribution in [-0.4, -0.2) is 38.7 Å². The van der Waals surface area contributed by atoms with E-state index in [-0.39, 0.29) is 12.5 Å².